The van der Waals surface area contributed by atoms with Crippen molar-refractivity contribution in [3.63, 3.8) is 0 Å². The van der Waals surface area contributed by atoms with Gasteiger partial charge < -0.3 is 11.5 Å². The molecule has 1 amide bonds. The lowest BCUT2D eigenvalue weighted by molar-refractivity contribution is 0.1000. The van der Waals surface area contributed by atoms with Crippen LogP contribution in [0.25, 0.3) is 0 Å². The Balaban J connectivity index is 0.00000200. The van der Waals surface area contributed by atoms with Gasteiger partial charge in [-0.3, -0.25) is 4.79 Å². The van der Waals surface area contributed by atoms with Crippen molar-refractivity contribution in [3.05, 3.63) is 29.8 Å². The molecule has 0 aliphatic heterocycles. The zero-order valence-electron chi connectivity index (χ0n) is 10.8. The maximum atomic E-state index is 12.1. The number of nitrogens with two attached hydrogens (primary N) is 2. The molecule has 1 atom stereocenters. The van der Waals surface area contributed by atoms with E-state index in [0.717, 1.165) is 12.8 Å². The van der Waals surface area contributed by atoms with Crippen LogP contribution in [0.3, 0.4) is 0 Å². The standard InChI is InChI=1S/C12H17N3O3S.ClH/c13-7-11(8-1-2-8)15-19(17,18)10-5-3-9(4-6-10)12(14)16;/h3-6,8,11,15H,1-2,7,13H2,(H2,14,16);1H. The molecule has 1 aliphatic rings. The Labute approximate surface area is 124 Å². The highest BCUT2D eigenvalue weighted by atomic mass is 35.5. The van der Waals surface area contributed by atoms with E-state index in [4.69, 9.17) is 11.5 Å². The largest absolute Gasteiger partial charge is 0.366 e. The topological polar surface area (TPSA) is 115 Å². The Hall–Kier alpha value is -1.15. The van der Waals surface area contributed by atoms with Crippen LogP contribution in [0.2, 0.25) is 0 Å². The summed E-state index contributed by atoms with van der Waals surface area (Å²) >= 11 is 0. The van der Waals surface area contributed by atoms with E-state index in [2.05, 4.69) is 4.72 Å². The summed E-state index contributed by atoms with van der Waals surface area (Å²) in [6.45, 7) is 0.281. The van der Waals surface area contributed by atoms with Gasteiger partial charge in [-0.1, -0.05) is 0 Å². The maximum Gasteiger partial charge on any atom is 0.248 e. The molecule has 0 heterocycles. The van der Waals surface area contributed by atoms with E-state index in [1.165, 1.54) is 24.3 Å². The lowest BCUT2D eigenvalue weighted by Crippen LogP contribution is -2.41. The summed E-state index contributed by atoms with van der Waals surface area (Å²) in [7, 11) is -3.60. The minimum Gasteiger partial charge on any atom is -0.366 e. The van der Waals surface area contributed by atoms with Gasteiger partial charge in [-0.05, 0) is 43.0 Å². The van der Waals surface area contributed by atoms with Gasteiger partial charge in [0.25, 0.3) is 0 Å². The van der Waals surface area contributed by atoms with E-state index in [1.54, 1.807) is 0 Å². The first-order valence-electron chi connectivity index (χ1n) is 6.06. The van der Waals surface area contributed by atoms with Crippen LogP contribution in [0.15, 0.2) is 29.2 Å². The van der Waals surface area contributed by atoms with Crippen molar-refractivity contribution in [3.8, 4) is 0 Å². The van der Waals surface area contributed by atoms with E-state index in [9.17, 15) is 13.2 Å². The second-order valence-electron chi connectivity index (χ2n) is 4.69. The molecule has 0 aromatic heterocycles. The van der Waals surface area contributed by atoms with Crippen molar-refractivity contribution in [1.29, 1.82) is 0 Å². The quantitative estimate of drug-likeness (QED) is 0.695. The summed E-state index contributed by atoms with van der Waals surface area (Å²) < 4.78 is 26.9. The molecular formula is C12H18ClN3O3S. The summed E-state index contributed by atoms with van der Waals surface area (Å²) in [5, 5.41) is 0. The fraction of sp³-hybridized carbons (Fsp3) is 0.417. The number of hydrogen-bond acceptors (Lipinski definition) is 4. The van der Waals surface area contributed by atoms with Crippen LogP contribution in [0.5, 0.6) is 0 Å². The number of sulfonamides is 1. The number of primary amides is 1. The first-order chi connectivity index (χ1) is 8.94. The number of benzene rings is 1. The highest BCUT2D eigenvalue weighted by molar-refractivity contribution is 7.89. The van der Waals surface area contributed by atoms with Gasteiger partial charge in [-0.15, -0.1) is 12.4 Å². The van der Waals surface area contributed by atoms with Gasteiger partial charge in [-0.2, -0.15) is 0 Å². The van der Waals surface area contributed by atoms with Crippen LogP contribution in [0.4, 0.5) is 0 Å². The van der Waals surface area contributed by atoms with E-state index >= 15 is 0 Å². The van der Waals surface area contributed by atoms with Gasteiger partial charge in [0.05, 0.1) is 4.90 Å². The number of amides is 1. The number of hydrogen-bond donors (Lipinski definition) is 3. The van der Waals surface area contributed by atoms with Crippen molar-refractivity contribution in [1.82, 2.24) is 4.72 Å². The molecular weight excluding hydrogens is 302 g/mol. The molecule has 20 heavy (non-hydrogen) atoms. The minimum atomic E-state index is -3.60. The maximum absolute atomic E-state index is 12.1. The molecule has 6 nitrogen and oxygen atoms in total. The predicted octanol–water partition coefficient (Wildman–Crippen LogP) is 0.223. The highest BCUT2D eigenvalue weighted by Gasteiger charge is 2.33. The van der Waals surface area contributed by atoms with E-state index < -0.39 is 15.9 Å². The Morgan fingerprint density at radius 3 is 2.25 bits per heavy atom. The zero-order chi connectivity index (χ0) is 14.0. The molecule has 112 valence electrons. The third-order valence-electron chi connectivity index (χ3n) is 3.20. The molecule has 0 saturated heterocycles. The molecule has 8 heteroatoms. The second-order valence-corrected chi connectivity index (χ2v) is 6.40. The second kappa shape index (κ2) is 6.53. The van der Waals surface area contributed by atoms with Crippen LogP contribution in [0, 0.1) is 5.92 Å². The fourth-order valence-corrected chi connectivity index (χ4v) is 3.22. The van der Waals surface area contributed by atoms with Crippen molar-refractivity contribution >= 4 is 28.3 Å². The number of nitrogens with one attached hydrogen (secondary N) is 1. The molecule has 1 aromatic carbocycles. The van der Waals surface area contributed by atoms with Crippen molar-refractivity contribution in [2.75, 3.05) is 6.54 Å². The van der Waals surface area contributed by atoms with Crippen LogP contribution >= 0.6 is 12.4 Å². The van der Waals surface area contributed by atoms with Crippen LogP contribution < -0.4 is 16.2 Å². The van der Waals surface area contributed by atoms with Gasteiger partial charge in [0.2, 0.25) is 15.9 Å². The predicted molar refractivity (Wildman–Crippen MR) is 78.1 cm³/mol. The van der Waals surface area contributed by atoms with Crippen molar-refractivity contribution in [2.45, 2.75) is 23.8 Å². The first kappa shape index (κ1) is 16.9. The molecule has 1 saturated carbocycles. The van der Waals surface area contributed by atoms with Gasteiger partial charge in [0, 0.05) is 18.2 Å². The lowest BCUT2D eigenvalue weighted by atomic mass is 10.2. The molecule has 0 bridgehead atoms. The Morgan fingerprint density at radius 2 is 1.85 bits per heavy atom. The first-order valence-corrected chi connectivity index (χ1v) is 7.54. The molecule has 5 N–H and O–H groups in total. The molecule has 0 spiro atoms. The number of rotatable bonds is 6. The van der Waals surface area contributed by atoms with E-state index in [0.29, 0.717) is 5.92 Å². The van der Waals surface area contributed by atoms with Crippen LogP contribution in [-0.4, -0.2) is 26.9 Å². The smallest absolute Gasteiger partial charge is 0.248 e. The van der Waals surface area contributed by atoms with Crippen molar-refractivity contribution in [2.24, 2.45) is 17.4 Å². The molecule has 1 fully saturated rings. The summed E-state index contributed by atoms with van der Waals surface area (Å²) in [4.78, 5) is 11.0. The molecule has 1 aromatic rings. The van der Waals surface area contributed by atoms with E-state index in [-0.39, 0.29) is 35.5 Å². The van der Waals surface area contributed by atoms with E-state index in [1.807, 2.05) is 0 Å². The van der Waals surface area contributed by atoms with Crippen LogP contribution in [-0.2, 0) is 10.0 Å². The zero-order valence-corrected chi connectivity index (χ0v) is 12.4. The highest BCUT2D eigenvalue weighted by Crippen LogP contribution is 2.32. The summed E-state index contributed by atoms with van der Waals surface area (Å²) in [5.74, 6) is -0.251. The third kappa shape index (κ3) is 3.92. The average molecular weight is 320 g/mol. The number of carbonyl (C=O) groups is 1. The SMILES string of the molecule is Cl.NCC(NS(=O)(=O)c1ccc(C(N)=O)cc1)C1CC1. The van der Waals surface area contributed by atoms with Gasteiger partial charge in [0.1, 0.15) is 0 Å². The number of carbonyl (C=O) groups excluding carboxylic acids is 1. The Bertz CT molecular complexity index is 570. The molecule has 1 aliphatic carbocycles. The number of halogens is 1. The normalized spacial score (nSPS) is 16.2. The summed E-state index contributed by atoms with van der Waals surface area (Å²) in [6, 6.07) is 5.30. The third-order valence-corrected chi connectivity index (χ3v) is 4.71. The Kier molecular flexibility index (Phi) is 5.52. The average Bonchev–Trinajstić information content (AvgIpc) is 3.20. The molecule has 0 radical (unpaired) electrons. The van der Waals surface area contributed by atoms with Gasteiger partial charge >= 0.3 is 0 Å². The summed E-state index contributed by atoms with van der Waals surface area (Å²) in [5.41, 5.74) is 11.0. The van der Waals surface area contributed by atoms with Crippen molar-refractivity contribution < 1.29 is 13.2 Å². The van der Waals surface area contributed by atoms with Crippen LogP contribution in [0.1, 0.15) is 23.2 Å². The van der Waals surface area contributed by atoms with Gasteiger partial charge in [-0.25, -0.2) is 13.1 Å². The lowest BCUT2D eigenvalue weighted by Gasteiger charge is -2.16. The Morgan fingerprint density at radius 1 is 1.30 bits per heavy atom. The minimum absolute atomic E-state index is 0. The monoisotopic (exact) mass is 319 g/mol. The summed E-state index contributed by atoms with van der Waals surface area (Å²) in [6.07, 6.45) is 2.01. The fourth-order valence-electron chi connectivity index (χ4n) is 1.90. The molecule has 2 rings (SSSR count). The molecule has 1 unspecified atom stereocenters. The van der Waals surface area contributed by atoms with Gasteiger partial charge in [0.15, 0.2) is 0 Å².